The third-order valence-electron chi connectivity index (χ3n) is 5.53. The Bertz CT molecular complexity index is 974. The van der Waals surface area contributed by atoms with E-state index in [9.17, 15) is 9.59 Å². The van der Waals surface area contributed by atoms with Crippen molar-refractivity contribution in [1.82, 2.24) is 5.32 Å². The number of ether oxygens (including phenoxy) is 1. The number of ketones is 1. The Morgan fingerprint density at radius 2 is 2.17 bits per heavy atom. The van der Waals surface area contributed by atoms with Crippen LogP contribution in [0.5, 0.6) is 0 Å². The van der Waals surface area contributed by atoms with Gasteiger partial charge < -0.3 is 10.1 Å². The van der Waals surface area contributed by atoms with Crippen molar-refractivity contribution in [2.75, 3.05) is 18.1 Å². The predicted octanol–water partition coefficient (Wildman–Crippen LogP) is 5.47. The van der Waals surface area contributed by atoms with Crippen molar-refractivity contribution in [3.63, 3.8) is 0 Å². The molecule has 7 heteroatoms. The van der Waals surface area contributed by atoms with Crippen LogP contribution in [0, 0.1) is 0 Å². The first-order chi connectivity index (χ1) is 14.6. The summed E-state index contributed by atoms with van der Waals surface area (Å²) in [5.74, 6) is 1.41. The van der Waals surface area contributed by atoms with E-state index in [2.05, 4.69) is 23.7 Å². The van der Waals surface area contributed by atoms with Crippen LogP contribution in [0.25, 0.3) is 0 Å². The molecule has 0 fully saturated rings. The van der Waals surface area contributed by atoms with Crippen LogP contribution in [0.3, 0.4) is 0 Å². The van der Waals surface area contributed by atoms with Gasteiger partial charge >= 0.3 is 5.97 Å². The van der Waals surface area contributed by atoms with Crippen molar-refractivity contribution >= 4 is 46.2 Å². The minimum absolute atomic E-state index is 0.123. The first-order valence-electron chi connectivity index (χ1n) is 10.1. The summed E-state index contributed by atoms with van der Waals surface area (Å²) < 4.78 is 5.59. The number of carbonyl (C=O) groups is 2. The van der Waals surface area contributed by atoms with Gasteiger partial charge in [-0.25, -0.2) is 4.79 Å². The van der Waals surface area contributed by atoms with E-state index in [1.165, 1.54) is 4.88 Å². The number of hydrogen-bond acceptors (Lipinski definition) is 7. The van der Waals surface area contributed by atoms with Crippen LogP contribution in [0.4, 0.5) is 0 Å². The van der Waals surface area contributed by atoms with Crippen molar-refractivity contribution in [3.05, 3.63) is 67.3 Å². The Balaban J connectivity index is 1.66. The molecule has 0 aromatic carbocycles. The van der Waals surface area contributed by atoms with Crippen LogP contribution in [0.15, 0.2) is 56.9 Å². The molecule has 0 radical (unpaired) electrons. The number of allylic oxidation sites excluding steroid dienone is 3. The molecule has 2 atom stereocenters. The summed E-state index contributed by atoms with van der Waals surface area (Å²) in [6, 6.07) is 6.15. The average molecular weight is 460 g/mol. The van der Waals surface area contributed by atoms with Crippen LogP contribution in [-0.4, -0.2) is 29.9 Å². The molecule has 0 spiro atoms. The molecule has 1 aliphatic carbocycles. The zero-order chi connectivity index (χ0) is 21.1. The lowest BCUT2D eigenvalue weighted by Gasteiger charge is -2.36. The average Bonchev–Trinajstić information content (AvgIpc) is 3.44. The minimum Gasteiger partial charge on any atom is -0.461 e. The first kappa shape index (κ1) is 21.4. The highest BCUT2D eigenvalue weighted by molar-refractivity contribution is 7.99. The SMILES string of the molecule is CCSCCOC(=O)C1=C(C)NC2=C(C(=O)C[C@H](c3cccs3)C2)[C@@H]1c1ccsc1. The molecule has 0 saturated heterocycles. The van der Waals surface area contributed by atoms with E-state index in [1.54, 1.807) is 34.4 Å². The van der Waals surface area contributed by atoms with Gasteiger partial charge in [-0.15, -0.1) is 11.3 Å². The Morgan fingerprint density at radius 3 is 2.87 bits per heavy atom. The molecule has 0 saturated carbocycles. The number of thiophene rings is 2. The largest absolute Gasteiger partial charge is 0.461 e. The maximum absolute atomic E-state index is 13.3. The van der Waals surface area contributed by atoms with Crippen LogP contribution in [0.1, 0.15) is 49.0 Å². The van der Waals surface area contributed by atoms with Crippen LogP contribution < -0.4 is 5.32 Å². The quantitative estimate of drug-likeness (QED) is 0.440. The number of carbonyl (C=O) groups excluding carboxylic acids is 2. The fraction of sp³-hybridized carbons (Fsp3) is 0.391. The van der Waals surface area contributed by atoms with Crippen molar-refractivity contribution in [2.45, 2.75) is 38.5 Å². The monoisotopic (exact) mass is 459 g/mol. The Kier molecular flexibility index (Phi) is 6.80. The molecule has 1 N–H and O–H groups in total. The Labute approximate surface area is 189 Å². The fourth-order valence-corrected chi connectivity index (χ4v) is 6.23. The molecule has 4 nitrogen and oxygen atoms in total. The molecule has 158 valence electrons. The van der Waals surface area contributed by atoms with Crippen LogP contribution >= 0.6 is 34.4 Å². The van der Waals surface area contributed by atoms with E-state index < -0.39 is 0 Å². The third-order valence-corrected chi connectivity index (χ3v) is 8.13. The Hall–Kier alpha value is -1.83. The van der Waals surface area contributed by atoms with Gasteiger partial charge in [-0.3, -0.25) is 4.79 Å². The predicted molar refractivity (Wildman–Crippen MR) is 125 cm³/mol. The second-order valence-electron chi connectivity index (χ2n) is 7.42. The zero-order valence-electron chi connectivity index (χ0n) is 17.1. The molecule has 0 amide bonds. The van der Waals surface area contributed by atoms with Gasteiger partial charge in [0.25, 0.3) is 0 Å². The lowest BCUT2D eigenvalue weighted by molar-refractivity contribution is -0.138. The third kappa shape index (κ3) is 4.29. The summed E-state index contributed by atoms with van der Waals surface area (Å²) in [7, 11) is 0. The molecule has 2 aromatic heterocycles. The van der Waals surface area contributed by atoms with Crippen LogP contribution in [-0.2, 0) is 14.3 Å². The van der Waals surface area contributed by atoms with Gasteiger partial charge in [-0.05, 0) is 52.9 Å². The highest BCUT2D eigenvalue weighted by Crippen LogP contribution is 2.46. The highest BCUT2D eigenvalue weighted by Gasteiger charge is 2.41. The van der Waals surface area contributed by atoms with E-state index >= 15 is 0 Å². The molecule has 0 unspecified atom stereocenters. The second kappa shape index (κ2) is 9.54. The molecule has 1 aliphatic heterocycles. The molecule has 4 rings (SSSR count). The summed E-state index contributed by atoms with van der Waals surface area (Å²) in [5, 5.41) is 9.49. The number of dihydropyridines is 1. The molecule has 2 aromatic rings. The van der Waals surface area contributed by atoms with Gasteiger partial charge in [0.1, 0.15) is 6.61 Å². The fourth-order valence-electron chi connectivity index (χ4n) is 4.22. The first-order valence-corrected chi connectivity index (χ1v) is 13.1. The number of nitrogens with one attached hydrogen (secondary N) is 1. The standard InChI is InChI=1S/C23H25NO3S3/c1-3-28-10-7-27-23(26)20-14(2)24-17-11-16(19-5-4-8-30-19)12-18(25)22(17)21(20)15-6-9-29-13-15/h4-6,8-9,13,16,21,24H,3,7,10-12H2,1-2H3/t16-,21-/m1/s1. The van der Waals surface area contributed by atoms with Gasteiger partial charge in [0.05, 0.1) is 5.57 Å². The number of esters is 1. The van der Waals surface area contributed by atoms with Crippen molar-refractivity contribution in [3.8, 4) is 0 Å². The Morgan fingerprint density at radius 1 is 1.30 bits per heavy atom. The molecular weight excluding hydrogens is 434 g/mol. The van der Waals surface area contributed by atoms with E-state index in [-0.39, 0.29) is 23.6 Å². The molecule has 30 heavy (non-hydrogen) atoms. The zero-order valence-corrected chi connectivity index (χ0v) is 19.6. The van der Waals surface area contributed by atoms with E-state index in [0.717, 1.165) is 40.5 Å². The summed E-state index contributed by atoms with van der Waals surface area (Å²) in [6.45, 7) is 4.38. The number of thioether (sulfide) groups is 1. The van der Waals surface area contributed by atoms with Gasteiger partial charge in [0.2, 0.25) is 0 Å². The van der Waals surface area contributed by atoms with E-state index in [1.807, 2.05) is 29.8 Å². The molecular formula is C23H25NO3S3. The van der Waals surface area contributed by atoms with Gasteiger partial charge in [0.15, 0.2) is 5.78 Å². The van der Waals surface area contributed by atoms with Crippen molar-refractivity contribution in [2.24, 2.45) is 0 Å². The summed E-state index contributed by atoms with van der Waals surface area (Å²) in [4.78, 5) is 27.6. The van der Waals surface area contributed by atoms with Crippen molar-refractivity contribution in [1.29, 1.82) is 0 Å². The second-order valence-corrected chi connectivity index (χ2v) is 10.6. The summed E-state index contributed by atoms with van der Waals surface area (Å²) in [5.41, 5.74) is 4.04. The van der Waals surface area contributed by atoms with Gasteiger partial charge in [0, 0.05) is 45.9 Å². The smallest absolute Gasteiger partial charge is 0.336 e. The van der Waals surface area contributed by atoms with Gasteiger partial charge in [-0.1, -0.05) is 13.0 Å². The topological polar surface area (TPSA) is 55.4 Å². The van der Waals surface area contributed by atoms with Crippen molar-refractivity contribution < 1.29 is 14.3 Å². The number of rotatable bonds is 7. The van der Waals surface area contributed by atoms with Crippen LogP contribution in [0.2, 0.25) is 0 Å². The lowest BCUT2D eigenvalue weighted by atomic mass is 9.73. The number of hydrogen-bond donors (Lipinski definition) is 1. The maximum atomic E-state index is 13.3. The molecule has 3 heterocycles. The van der Waals surface area contributed by atoms with E-state index in [0.29, 0.717) is 18.6 Å². The number of Topliss-reactive ketones (excluding diaryl/α,β-unsaturated/α-hetero) is 1. The van der Waals surface area contributed by atoms with Gasteiger partial charge in [-0.2, -0.15) is 23.1 Å². The summed E-state index contributed by atoms with van der Waals surface area (Å²) in [6.07, 6.45) is 1.27. The maximum Gasteiger partial charge on any atom is 0.336 e. The molecule has 2 aliphatic rings. The summed E-state index contributed by atoms with van der Waals surface area (Å²) >= 11 is 5.02. The lowest BCUT2D eigenvalue weighted by Crippen LogP contribution is -2.36. The molecule has 0 bridgehead atoms. The van der Waals surface area contributed by atoms with E-state index in [4.69, 9.17) is 4.74 Å². The highest BCUT2D eigenvalue weighted by atomic mass is 32.2. The minimum atomic E-state index is -0.351. The normalized spacial score (nSPS) is 21.5.